The number of hydrogen-bond acceptors (Lipinski definition) is 4. The molecule has 4 aromatic heterocycles. The molecule has 1 radical (unpaired) electrons. The maximum Gasteiger partial charge on any atom is 0 e. The number of imidazole rings is 1. The van der Waals surface area contributed by atoms with Crippen molar-refractivity contribution in [2.75, 3.05) is 0 Å². The van der Waals surface area contributed by atoms with Crippen molar-refractivity contribution in [3.8, 4) is 28.3 Å². The van der Waals surface area contributed by atoms with Crippen LogP contribution in [0.15, 0.2) is 114 Å². The Labute approximate surface area is 333 Å². The van der Waals surface area contributed by atoms with Crippen molar-refractivity contribution >= 4 is 50.6 Å². The van der Waals surface area contributed by atoms with Gasteiger partial charge in [0.15, 0.2) is 0 Å². The van der Waals surface area contributed by atoms with Crippen molar-refractivity contribution in [2.45, 2.75) is 63.7 Å². The molecule has 8 heteroatoms. The Bertz CT molecular complexity index is 2550. The molecular formula is C46H45FGeIrN4O-2. The first-order valence-corrected chi connectivity index (χ1v) is 25.6. The third-order valence-corrected chi connectivity index (χ3v) is 13.8. The normalized spacial score (nSPS) is 11.9. The standard InChI is InChI=1S/C28H21FN3O.C18H24GeN.Ir/c1-28(2,3)17-11-13-18(14-12-17)32-23-10-5-4-9-22(23)31-27(32)20-8-6-7-19-21-15-25(29)30-16-24(21)33-26(19)20;1-14(2)11-16-12-18(15-9-7-6-8-10-15)20-13-17(16)19(3,4)5;/h4-7,9-16H,1-3H3;6-9,12-14H,11H2,1-5H3;/q2*-1;. The van der Waals surface area contributed by atoms with Crippen LogP contribution in [0.2, 0.25) is 17.3 Å². The summed E-state index contributed by atoms with van der Waals surface area (Å²) in [6, 6.07) is 38.7. The van der Waals surface area contributed by atoms with Gasteiger partial charge in [-0.05, 0) is 35.2 Å². The number of para-hydroxylation sites is 2. The molecule has 0 amide bonds. The minimum Gasteiger partial charge on any atom is 0 e. The van der Waals surface area contributed by atoms with Crippen molar-refractivity contribution in [3.05, 3.63) is 139 Å². The van der Waals surface area contributed by atoms with Gasteiger partial charge in [-0.15, -0.1) is 18.2 Å². The first-order chi connectivity index (χ1) is 25.3. The molecule has 0 aliphatic heterocycles. The molecular weight excluding hydrogens is 908 g/mol. The third-order valence-electron chi connectivity index (χ3n) is 9.47. The third kappa shape index (κ3) is 8.14. The fraction of sp³-hybridized carbons (Fsp3) is 0.239. The topological polar surface area (TPSA) is 56.7 Å². The smallest absolute Gasteiger partial charge is 0 e. The molecule has 4 heterocycles. The Morgan fingerprint density at radius 2 is 1.57 bits per heavy atom. The van der Waals surface area contributed by atoms with Crippen molar-refractivity contribution < 1.29 is 28.9 Å². The van der Waals surface area contributed by atoms with Crippen LogP contribution >= 0.6 is 0 Å². The van der Waals surface area contributed by atoms with E-state index in [4.69, 9.17) is 14.4 Å². The predicted molar refractivity (Wildman–Crippen MR) is 219 cm³/mol. The fourth-order valence-corrected chi connectivity index (χ4v) is 10.2. The van der Waals surface area contributed by atoms with Crippen LogP contribution in [-0.2, 0) is 31.9 Å². The average molecular weight is 954 g/mol. The second-order valence-electron chi connectivity index (χ2n) is 16.1. The molecule has 4 aromatic carbocycles. The van der Waals surface area contributed by atoms with E-state index < -0.39 is 19.2 Å². The van der Waals surface area contributed by atoms with Crippen molar-refractivity contribution in [3.63, 3.8) is 0 Å². The van der Waals surface area contributed by atoms with Gasteiger partial charge in [-0.1, -0.05) is 56.0 Å². The quantitative estimate of drug-likeness (QED) is 0.0947. The Hall–Kier alpha value is -4.43. The Morgan fingerprint density at radius 1 is 0.833 bits per heavy atom. The van der Waals surface area contributed by atoms with E-state index in [9.17, 15) is 4.39 Å². The van der Waals surface area contributed by atoms with E-state index in [1.807, 2.05) is 48.5 Å². The number of hydrogen-bond donors (Lipinski definition) is 0. The van der Waals surface area contributed by atoms with Crippen LogP contribution in [0.1, 0.15) is 45.7 Å². The molecule has 0 saturated heterocycles. The number of furan rings is 1. The van der Waals surface area contributed by atoms with E-state index in [1.165, 1.54) is 23.4 Å². The molecule has 0 bridgehead atoms. The van der Waals surface area contributed by atoms with Crippen molar-refractivity contribution in [2.24, 2.45) is 5.92 Å². The Kier molecular flexibility index (Phi) is 11.4. The average Bonchev–Trinajstić information content (AvgIpc) is 3.70. The van der Waals surface area contributed by atoms with Crippen LogP contribution in [0.3, 0.4) is 0 Å². The first-order valence-electron chi connectivity index (χ1n) is 18.2. The summed E-state index contributed by atoms with van der Waals surface area (Å²) in [5.74, 6) is 8.18. The fourth-order valence-electron chi connectivity index (χ4n) is 6.83. The molecule has 0 aliphatic rings. The van der Waals surface area contributed by atoms with Crippen LogP contribution in [0.4, 0.5) is 4.39 Å². The Balaban J connectivity index is 0.000000205. The van der Waals surface area contributed by atoms with E-state index in [1.54, 1.807) is 4.40 Å². The maximum absolute atomic E-state index is 13.8. The van der Waals surface area contributed by atoms with Gasteiger partial charge in [0.05, 0.1) is 28.6 Å². The molecule has 54 heavy (non-hydrogen) atoms. The van der Waals surface area contributed by atoms with E-state index in [0.29, 0.717) is 22.5 Å². The second kappa shape index (κ2) is 15.7. The number of benzene rings is 4. The summed E-state index contributed by atoms with van der Waals surface area (Å²) in [6.07, 6.45) is 4.69. The number of pyridine rings is 2. The molecule has 8 rings (SSSR count). The zero-order valence-electron chi connectivity index (χ0n) is 32.1. The van der Waals surface area contributed by atoms with Crippen molar-refractivity contribution in [1.82, 2.24) is 19.5 Å². The molecule has 8 aromatic rings. The second-order valence-corrected chi connectivity index (χ2v) is 26.7. The number of aromatic nitrogens is 4. The van der Waals surface area contributed by atoms with E-state index in [0.717, 1.165) is 51.2 Å². The molecule has 0 fully saturated rings. The maximum atomic E-state index is 13.8. The van der Waals surface area contributed by atoms with Crippen LogP contribution < -0.4 is 4.40 Å². The van der Waals surface area contributed by atoms with Crippen LogP contribution in [-0.4, -0.2) is 32.8 Å². The van der Waals surface area contributed by atoms with Gasteiger partial charge in [-0.2, -0.15) is 4.39 Å². The van der Waals surface area contributed by atoms with Gasteiger partial charge in [0.2, 0.25) is 5.95 Å². The summed E-state index contributed by atoms with van der Waals surface area (Å²) in [4.78, 5) is 13.4. The summed E-state index contributed by atoms with van der Waals surface area (Å²) in [7, 11) is 0. The molecule has 0 saturated carbocycles. The zero-order chi connectivity index (χ0) is 37.5. The first kappa shape index (κ1) is 39.3. The Morgan fingerprint density at radius 3 is 2.26 bits per heavy atom. The van der Waals surface area contributed by atoms with E-state index >= 15 is 0 Å². The summed E-state index contributed by atoms with van der Waals surface area (Å²) >= 11 is -1.86. The molecule has 0 atom stereocenters. The van der Waals surface area contributed by atoms with Crippen LogP contribution in [0.25, 0.3) is 61.3 Å². The molecule has 5 nitrogen and oxygen atoms in total. The number of halogens is 1. The molecule has 0 N–H and O–H groups in total. The summed E-state index contributed by atoms with van der Waals surface area (Å²) < 4.78 is 23.6. The summed E-state index contributed by atoms with van der Waals surface area (Å²) in [5, 5.41) is 1.49. The van der Waals surface area contributed by atoms with Crippen LogP contribution in [0, 0.1) is 24.0 Å². The van der Waals surface area contributed by atoms with Gasteiger partial charge in [0.25, 0.3) is 0 Å². The summed E-state index contributed by atoms with van der Waals surface area (Å²) in [5.41, 5.74) is 9.70. The van der Waals surface area contributed by atoms with Gasteiger partial charge in [-0.3, -0.25) is 4.98 Å². The van der Waals surface area contributed by atoms with Gasteiger partial charge in [0, 0.05) is 37.2 Å². The molecule has 0 spiro atoms. The van der Waals surface area contributed by atoms with Gasteiger partial charge >= 0.3 is 126 Å². The minimum absolute atomic E-state index is 0. The SMILES string of the molecule is CC(C)(C)c1ccc(-n2c(-c3[c-]ccc4c3oc3cnc(F)cc34)nc3ccccc32)cc1.CC(C)Cc1cc(-c2[c-]cccc2)nc[c]1[Ge]([CH3])([CH3])[CH3].[Ir]. The zero-order valence-corrected chi connectivity index (χ0v) is 36.6. The van der Waals surface area contributed by atoms with Crippen molar-refractivity contribution in [1.29, 1.82) is 0 Å². The summed E-state index contributed by atoms with van der Waals surface area (Å²) in [6.45, 7) is 11.2. The monoisotopic (exact) mass is 955 g/mol. The van der Waals surface area contributed by atoms with Gasteiger partial charge in [0.1, 0.15) is 5.58 Å². The van der Waals surface area contributed by atoms with Crippen LogP contribution in [0.5, 0.6) is 0 Å². The number of nitrogens with zero attached hydrogens (tertiary/aromatic N) is 4. The minimum atomic E-state index is -1.86. The molecule has 277 valence electrons. The van der Waals surface area contributed by atoms with Gasteiger partial charge < -0.3 is 8.98 Å². The number of rotatable bonds is 6. The van der Waals surface area contributed by atoms with Gasteiger partial charge in [-0.25, -0.2) is 4.98 Å². The number of fused-ring (bicyclic) bond motifs is 4. The van der Waals surface area contributed by atoms with E-state index in [2.05, 4.69) is 122 Å². The largest absolute Gasteiger partial charge is 0 e. The van der Waals surface area contributed by atoms with E-state index in [-0.39, 0.29) is 25.5 Å². The predicted octanol–water partition coefficient (Wildman–Crippen LogP) is 11.5. The molecule has 0 unspecified atom stereocenters. The molecule has 0 aliphatic carbocycles.